The number of hydrogen-bond donors (Lipinski definition) is 2. The first-order chi connectivity index (χ1) is 12.2. The van der Waals surface area contributed by atoms with E-state index in [1.54, 1.807) is 11.8 Å². The lowest BCUT2D eigenvalue weighted by Crippen LogP contribution is -2.32. The summed E-state index contributed by atoms with van der Waals surface area (Å²) in [6.07, 6.45) is 2.87. The predicted octanol–water partition coefficient (Wildman–Crippen LogP) is 3.79. The fourth-order valence-corrected chi connectivity index (χ4v) is 4.80. The maximum absolute atomic E-state index is 12.3. The van der Waals surface area contributed by atoms with E-state index in [1.165, 1.54) is 16.9 Å². The van der Waals surface area contributed by atoms with Crippen LogP contribution in [0.4, 0.5) is 5.13 Å². The molecule has 1 unspecified atom stereocenters. The second-order valence-corrected chi connectivity index (χ2v) is 8.66. The molecule has 0 spiro atoms. The lowest BCUT2D eigenvalue weighted by molar-refractivity contribution is -0.117. The van der Waals surface area contributed by atoms with Gasteiger partial charge in [-0.2, -0.15) is 0 Å². The maximum atomic E-state index is 12.3. The first-order valence-electron chi connectivity index (χ1n) is 8.71. The monoisotopic (exact) mass is 376 g/mol. The molecule has 0 bridgehead atoms. The van der Waals surface area contributed by atoms with Crippen molar-refractivity contribution in [3.05, 3.63) is 35.9 Å². The lowest BCUT2D eigenvalue weighted by atomic mass is 9.84. The number of amides is 1. The van der Waals surface area contributed by atoms with E-state index in [4.69, 9.17) is 0 Å². The number of hydrogen-bond acceptors (Lipinski definition) is 6. The fraction of sp³-hybridized carbons (Fsp3) is 0.500. The highest BCUT2D eigenvalue weighted by Crippen LogP contribution is 2.29. The summed E-state index contributed by atoms with van der Waals surface area (Å²) in [6.45, 7) is 4.31. The minimum absolute atomic E-state index is 0.0433. The third kappa shape index (κ3) is 5.80. The molecule has 2 aromatic rings. The Morgan fingerprint density at radius 1 is 1.32 bits per heavy atom. The van der Waals surface area contributed by atoms with Gasteiger partial charge >= 0.3 is 0 Å². The SMILES string of the molecule is CC(CC(=O)Nc1nnc(SCc2ccccc2)s1)C1CCNCC1. The highest BCUT2D eigenvalue weighted by Gasteiger charge is 2.22. The van der Waals surface area contributed by atoms with Crippen molar-refractivity contribution in [3.63, 3.8) is 0 Å². The highest BCUT2D eigenvalue weighted by atomic mass is 32.2. The number of benzene rings is 1. The molecule has 1 aromatic carbocycles. The largest absolute Gasteiger partial charge is 0.317 e. The van der Waals surface area contributed by atoms with Gasteiger partial charge in [-0.05, 0) is 43.3 Å². The maximum Gasteiger partial charge on any atom is 0.226 e. The number of anilines is 1. The molecule has 2 heterocycles. The van der Waals surface area contributed by atoms with Gasteiger partial charge in [0.15, 0.2) is 4.34 Å². The molecule has 3 rings (SSSR count). The number of carbonyl (C=O) groups excluding carboxylic acids is 1. The first kappa shape index (κ1) is 18.4. The summed E-state index contributed by atoms with van der Waals surface area (Å²) in [5, 5.41) is 15.1. The number of aromatic nitrogens is 2. The van der Waals surface area contributed by atoms with E-state index in [-0.39, 0.29) is 5.91 Å². The summed E-state index contributed by atoms with van der Waals surface area (Å²) < 4.78 is 0.880. The van der Waals surface area contributed by atoms with Gasteiger partial charge < -0.3 is 10.6 Å². The second kappa shape index (κ2) is 9.31. The average molecular weight is 377 g/mol. The minimum Gasteiger partial charge on any atom is -0.317 e. The Balaban J connectivity index is 1.44. The van der Waals surface area contributed by atoms with E-state index in [2.05, 4.69) is 39.9 Å². The van der Waals surface area contributed by atoms with Crippen molar-refractivity contribution in [2.24, 2.45) is 11.8 Å². The number of rotatable bonds is 7. The summed E-state index contributed by atoms with van der Waals surface area (Å²) in [6, 6.07) is 10.3. The van der Waals surface area contributed by atoms with Crippen molar-refractivity contribution in [1.82, 2.24) is 15.5 Å². The number of piperidine rings is 1. The average Bonchev–Trinajstić information content (AvgIpc) is 3.08. The van der Waals surface area contributed by atoms with Crippen LogP contribution in [-0.2, 0) is 10.5 Å². The zero-order valence-corrected chi connectivity index (χ0v) is 16.0. The smallest absolute Gasteiger partial charge is 0.226 e. The molecule has 0 radical (unpaired) electrons. The summed E-state index contributed by atoms with van der Waals surface area (Å²) in [7, 11) is 0. The van der Waals surface area contributed by atoms with Crippen molar-refractivity contribution in [3.8, 4) is 0 Å². The molecule has 0 saturated carbocycles. The Kier molecular flexibility index (Phi) is 6.84. The quantitative estimate of drug-likeness (QED) is 0.568. The number of nitrogens with zero attached hydrogens (tertiary/aromatic N) is 2. The molecule has 5 nitrogen and oxygen atoms in total. The van der Waals surface area contributed by atoms with Gasteiger partial charge in [-0.15, -0.1) is 10.2 Å². The van der Waals surface area contributed by atoms with Gasteiger partial charge in [-0.1, -0.05) is 60.4 Å². The van der Waals surface area contributed by atoms with Crippen LogP contribution < -0.4 is 10.6 Å². The molecule has 1 fully saturated rings. The molecule has 25 heavy (non-hydrogen) atoms. The number of nitrogens with one attached hydrogen (secondary N) is 2. The Bertz CT molecular complexity index is 671. The Morgan fingerprint density at radius 2 is 2.08 bits per heavy atom. The van der Waals surface area contributed by atoms with Gasteiger partial charge in [0.25, 0.3) is 0 Å². The van der Waals surface area contributed by atoms with Gasteiger partial charge in [0, 0.05) is 12.2 Å². The molecule has 1 aromatic heterocycles. The molecule has 1 amide bonds. The zero-order chi connectivity index (χ0) is 17.5. The van der Waals surface area contributed by atoms with Crippen molar-refractivity contribution in [1.29, 1.82) is 0 Å². The lowest BCUT2D eigenvalue weighted by Gasteiger charge is -2.27. The van der Waals surface area contributed by atoms with Crippen LogP contribution in [0, 0.1) is 11.8 Å². The molecule has 1 atom stereocenters. The van der Waals surface area contributed by atoms with Gasteiger partial charge in [-0.3, -0.25) is 4.79 Å². The molecule has 1 saturated heterocycles. The molecule has 0 aliphatic carbocycles. The molecular weight excluding hydrogens is 352 g/mol. The minimum atomic E-state index is 0.0433. The highest BCUT2D eigenvalue weighted by molar-refractivity contribution is 8.00. The predicted molar refractivity (Wildman–Crippen MR) is 104 cm³/mol. The van der Waals surface area contributed by atoms with Crippen LogP contribution in [0.25, 0.3) is 0 Å². The van der Waals surface area contributed by atoms with Crippen molar-refractivity contribution < 1.29 is 4.79 Å². The summed E-state index contributed by atoms with van der Waals surface area (Å²) in [5.41, 5.74) is 1.25. The molecule has 134 valence electrons. The van der Waals surface area contributed by atoms with Crippen LogP contribution in [0.3, 0.4) is 0 Å². The normalized spacial score (nSPS) is 16.5. The van der Waals surface area contributed by atoms with Gasteiger partial charge in [0.1, 0.15) is 0 Å². The van der Waals surface area contributed by atoms with Crippen LogP contribution in [0.1, 0.15) is 31.7 Å². The van der Waals surface area contributed by atoms with Gasteiger partial charge in [0.2, 0.25) is 11.0 Å². The van der Waals surface area contributed by atoms with Gasteiger partial charge in [-0.25, -0.2) is 0 Å². The van der Waals surface area contributed by atoms with E-state index >= 15 is 0 Å². The van der Waals surface area contributed by atoms with Crippen LogP contribution in [-0.4, -0.2) is 29.2 Å². The zero-order valence-electron chi connectivity index (χ0n) is 14.4. The van der Waals surface area contributed by atoms with E-state index in [1.807, 2.05) is 18.2 Å². The van der Waals surface area contributed by atoms with Crippen LogP contribution in [0.5, 0.6) is 0 Å². The number of carbonyl (C=O) groups is 1. The third-order valence-electron chi connectivity index (χ3n) is 4.55. The van der Waals surface area contributed by atoms with E-state index in [0.717, 1.165) is 36.0 Å². The Morgan fingerprint density at radius 3 is 2.84 bits per heavy atom. The standard InChI is InChI=1S/C18H24N4OS2/c1-13(15-7-9-19-10-8-15)11-16(23)20-17-21-22-18(25-17)24-12-14-5-3-2-4-6-14/h2-6,13,15,19H,7-12H2,1H3,(H,20,21,23). The molecule has 1 aliphatic heterocycles. The second-order valence-electron chi connectivity index (χ2n) is 6.46. The molecule has 2 N–H and O–H groups in total. The number of thioether (sulfide) groups is 1. The third-order valence-corrected chi connectivity index (χ3v) is 6.60. The first-order valence-corrected chi connectivity index (χ1v) is 10.5. The van der Waals surface area contributed by atoms with E-state index in [9.17, 15) is 4.79 Å². The van der Waals surface area contributed by atoms with Crippen molar-refractivity contribution in [2.45, 2.75) is 36.3 Å². The summed E-state index contributed by atoms with van der Waals surface area (Å²) in [5.74, 6) is 1.94. The molecule has 1 aliphatic rings. The molecular formula is C18H24N4OS2. The van der Waals surface area contributed by atoms with Crippen LogP contribution in [0.15, 0.2) is 34.7 Å². The van der Waals surface area contributed by atoms with Crippen LogP contribution in [0.2, 0.25) is 0 Å². The summed E-state index contributed by atoms with van der Waals surface area (Å²) >= 11 is 3.09. The topological polar surface area (TPSA) is 66.9 Å². The van der Waals surface area contributed by atoms with Crippen molar-refractivity contribution in [2.75, 3.05) is 18.4 Å². The fourth-order valence-electron chi connectivity index (χ4n) is 3.08. The van der Waals surface area contributed by atoms with E-state index < -0.39 is 0 Å². The van der Waals surface area contributed by atoms with E-state index in [0.29, 0.717) is 23.4 Å². The Hall–Kier alpha value is -1.44. The molecule has 7 heteroatoms. The Labute approximate surface area is 157 Å². The van der Waals surface area contributed by atoms with Gasteiger partial charge in [0.05, 0.1) is 0 Å². The van der Waals surface area contributed by atoms with Crippen molar-refractivity contribution >= 4 is 34.1 Å². The summed E-state index contributed by atoms with van der Waals surface area (Å²) in [4.78, 5) is 12.3. The van der Waals surface area contributed by atoms with Crippen LogP contribution >= 0.6 is 23.1 Å².